The number of rotatable bonds is 6. The van der Waals surface area contributed by atoms with E-state index in [0.717, 1.165) is 32.5 Å². The van der Waals surface area contributed by atoms with Crippen LogP contribution in [0.5, 0.6) is 0 Å². The third-order valence-electron chi connectivity index (χ3n) is 3.55. The molecule has 0 aromatic heterocycles. The molecule has 0 aliphatic carbocycles. The molecule has 1 aliphatic heterocycles. The summed E-state index contributed by atoms with van der Waals surface area (Å²) in [5.41, 5.74) is 5.37. The topological polar surface area (TPSA) is 76.8 Å². The average molecular weight is 301 g/mol. The van der Waals surface area contributed by atoms with E-state index in [9.17, 15) is 4.79 Å². The molecule has 0 bridgehead atoms. The summed E-state index contributed by atoms with van der Waals surface area (Å²) in [6.07, 6.45) is 2.03. The summed E-state index contributed by atoms with van der Waals surface area (Å²) in [5.74, 6) is 0. The first-order chi connectivity index (χ1) is 9.85. The molecule has 6 nitrogen and oxygen atoms in total. The summed E-state index contributed by atoms with van der Waals surface area (Å²) in [4.78, 5) is 14.0. The molecule has 6 heteroatoms. The highest BCUT2D eigenvalue weighted by molar-refractivity contribution is 5.67. The Morgan fingerprint density at radius 2 is 2.00 bits per heavy atom. The Bertz CT molecular complexity index is 310. The molecule has 21 heavy (non-hydrogen) atoms. The Morgan fingerprint density at radius 1 is 1.38 bits per heavy atom. The van der Waals surface area contributed by atoms with Crippen LogP contribution in [0.3, 0.4) is 0 Å². The summed E-state index contributed by atoms with van der Waals surface area (Å²) in [6, 6.07) is 0.153. The van der Waals surface area contributed by atoms with E-state index in [1.807, 2.05) is 27.7 Å². The van der Waals surface area contributed by atoms with E-state index in [-0.39, 0.29) is 12.1 Å². The molecule has 1 rings (SSSR count). The Morgan fingerprint density at radius 3 is 2.48 bits per heavy atom. The number of alkyl carbamates (subject to hydrolysis) is 1. The minimum atomic E-state index is -0.474. The molecular weight excluding hydrogens is 270 g/mol. The van der Waals surface area contributed by atoms with E-state index in [1.165, 1.54) is 0 Å². The van der Waals surface area contributed by atoms with Crippen molar-refractivity contribution in [3.63, 3.8) is 0 Å². The molecule has 1 saturated heterocycles. The maximum absolute atomic E-state index is 11.7. The van der Waals surface area contributed by atoms with Crippen LogP contribution < -0.4 is 11.1 Å². The Hall–Kier alpha value is -0.850. The van der Waals surface area contributed by atoms with Gasteiger partial charge in [0.2, 0.25) is 0 Å². The quantitative estimate of drug-likeness (QED) is 0.774. The van der Waals surface area contributed by atoms with E-state index in [0.29, 0.717) is 19.2 Å². The van der Waals surface area contributed by atoms with Crippen molar-refractivity contribution in [1.82, 2.24) is 10.2 Å². The fourth-order valence-corrected chi connectivity index (χ4v) is 2.52. The van der Waals surface area contributed by atoms with Crippen molar-refractivity contribution in [2.75, 3.05) is 32.8 Å². The van der Waals surface area contributed by atoms with Crippen molar-refractivity contribution in [3.8, 4) is 0 Å². The highest BCUT2D eigenvalue weighted by Crippen LogP contribution is 2.15. The van der Waals surface area contributed by atoms with Gasteiger partial charge in [0.05, 0.1) is 6.10 Å². The van der Waals surface area contributed by atoms with E-state index in [2.05, 4.69) is 10.2 Å². The number of ether oxygens (including phenoxy) is 2. The van der Waals surface area contributed by atoms with Gasteiger partial charge in [-0.05, 0) is 40.5 Å². The van der Waals surface area contributed by atoms with Crippen molar-refractivity contribution in [1.29, 1.82) is 0 Å². The summed E-state index contributed by atoms with van der Waals surface area (Å²) < 4.78 is 10.9. The highest BCUT2D eigenvalue weighted by Gasteiger charge is 2.25. The number of carbonyl (C=O) groups excluding carboxylic acids is 1. The lowest BCUT2D eigenvalue weighted by molar-refractivity contribution is 0.00402. The predicted molar refractivity (Wildman–Crippen MR) is 83.3 cm³/mol. The van der Waals surface area contributed by atoms with Crippen LogP contribution >= 0.6 is 0 Å². The van der Waals surface area contributed by atoms with Gasteiger partial charge in [-0.25, -0.2) is 4.79 Å². The lowest BCUT2D eigenvalue weighted by Crippen LogP contribution is -2.52. The number of hydrogen-bond acceptors (Lipinski definition) is 5. The van der Waals surface area contributed by atoms with Crippen LogP contribution in [0.15, 0.2) is 0 Å². The minimum absolute atomic E-state index is 0.153. The summed E-state index contributed by atoms with van der Waals surface area (Å²) in [6.45, 7) is 11.3. The van der Waals surface area contributed by atoms with Crippen LogP contribution in [0.2, 0.25) is 0 Å². The van der Waals surface area contributed by atoms with Gasteiger partial charge in [-0.2, -0.15) is 0 Å². The summed E-state index contributed by atoms with van der Waals surface area (Å²) in [5, 5.41) is 2.81. The van der Waals surface area contributed by atoms with Crippen molar-refractivity contribution in [2.45, 2.75) is 58.3 Å². The van der Waals surface area contributed by atoms with Crippen LogP contribution in [-0.4, -0.2) is 61.5 Å². The van der Waals surface area contributed by atoms with Crippen molar-refractivity contribution in [2.24, 2.45) is 5.73 Å². The smallest absolute Gasteiger partial charge is 0.407 e. The number of piperidine rings is 1. The number of hydrogen-bond donors (Lipinski definition) is 2. The van der Waals surface area contributed by atoms with Gasteiger partial charge in [0.1, 0.15) is 5.60 Å². The third-order valence-corrected chi connectivity index (χ3v) is 3.55. The van der Waals surface area contributed by atoms with Gasteiger partial charge in [0.15, 0.2) is 0 Å². The molecule has 1 amide bonds. The molecule has 1 unspecified atom stereocenters. The van der Waals surface area contributed by atoms with Crippen LogP contribution in [-0.2, 0) is 9.47 Å². The van der Waals surface area contributed by atoms with Crippen LogP contribution in [0.25, 0.3) is 0 Å². The predicted octanol–water partition coefficient (Wildman–Crippen LogP) is 1.34. The monoisotopic (exact) mass is 301 g/mol. The molecule has 0 spiro atoms. The van der Waals surface area contributed by atoms with E-state index < -0.39 is 5.60 Å². The minimum Gasteiger partial charge on any atom is -0.444 e. The maximum Gasteiger partial charge on any atom is 0.407 e. The molecule has 1 aliphatic rings. The van der Waals surface area contributed by atoms with Crippen molar-refractivity contribution >= 4 is 6.09 Å². The number of likely N-dealkylation sites (tertiary alicyclic amines) is 1. The summed E-state index contributed by atoms with van der Waals surface area (Å²) >= 11 is 0. The fraction of sp³-hybridized carbons (Fsp3) is 0.933. The normalized spacial score (nSPS) is 19.3. The molecule has 0 radical (unpaired) electrons. The van der Waals surface area contributed by atoms with Gasteiger partial charge in [-0.15, -0.1) is 0 Å². The number of carbonyl (C=O) groups is 1. The number of amides is 1. The van der Waals surface area contributed by atoms with Crippen LogP contribution in [0, 0.1) is 0 Å². The zero-order valence-corrected chi connectivity index (χ0v) is 13.9. The molecule has 0 aromatic rings. The van der Waals surface area contributed by atoms with Gasteiger partial charge in [0.25, 0.3) is 0 Å². The number of nitrogens with two attached hydrogens (primary N) is 1. The second-order valence-corrected chi connectivity index (χ2v) is 6.46. The van der Waals surface area contributed by atoms with Crippen LogP contribution in [0.4, 0.5) is 4.79 Å². The lowest BCUT2D eigenvalue weighted by Gasteiger charge is -2.37. The van der Waals surface area contributed by atoms with Crippen molar-refractivity contribution in [3.05, 3.63) is 0 Å². The molecule has 0 aromatic carbocycles. The fourth-order valence-electron chi connectivity index (χ4n) is 2.52. The largest absolute Gasteiger partial charge is 0.444 e. The van der Waals surface area contributed by atoms with E-state index in [4.69, 9.17) is 15.2 Å². The second-order valence-electron chi connectivity index (χ2n) is 6.46. The van der Waals surface area contributed by atoms with Crippen LogP contribution in [0.1, 0.15) is 40.5 Å². The van der Waals surface area contributed by atoms with Gasteiger partial charge >= 0.3 is 6.09 Å². The lowest BCUT2D eigenvalue weighted by atomic mass is 10.1. The van der Waals surface area contributed by atoms with E-state index >= 15 is 0 Å². The molecule has 124 valence electrons. The molecule has 1 fully saturated rings. The zero-order valence-electron chi connectivity index (χ0n) is 13.9. The standard InChI is InChI=1S/C15H31N3O3/c1-5-20-13-6-8-18(9-7-13)12(10-16)11-17-14(19)21-15(2,3)4/h12-13H,5-11,16H2,1-4H3,(H,17,19). The Labute approximate surface area is 128 Å². The highest BCUT2D eigenvalue weighted by atomic mass is 16.6. The average Bonchev–Trinajstić information content (AvgIpc) is 2.39. The first kappa shape index (κ1) is 18.2. The molecule has 1 heterocycles. The zero-order chi connectivity index (χ0) is 15.9. The Kier molecular flexibility index (Phi) is 7.42. The maximum atomic E-state index is 11.7. The van der Waals surface area contributed by atoms with Gasteiger partial charge < -0.3 is 20.5 Å². The second kappa shape index (κ2) is 8.56. The first-order valence-electron chi connectivity index (χ1n) is 7.88. The Balaban J connectivity index is 2.33. The van der Waals surface area contributed by atoms with Crippen molar-refractivity contribution < 1.29 is 14.3 Å². The molecule has 0 saturated carbocycles. The van der Waals surface area contributed by atoms with Gasteiger partial charge in [-0.1, -0.05) is 0 Å². The molecular formula is C15H31N3O3. The van der Waals surface area contributed by atoms with E-state index in [1.54, 1.807) is 0 Å². The molecule has 1 atom stereocenters. The van der Waals surface area contributed by atoms with Gasteiger partial charge in [0, 0.05) is 38.8 Å². The van der Waals surface area contributed by atoms with Gasteiger partial charge in [-0.3, -0.25) is 4.90 Å². The first-order valence-corrected chi connectivity index (χ1v) is 7.88. The number of nitrogens with one attached hydrogen (secondary N) is 1. The molecule has 3 N–H and O–H groups in total. The number of nitrogens with zero attached hydrogens (tertiary/aromatic N) is 1. The SMILES string of the molecule is CCOC1CCN(C(CN)CNC(=O)OC(C)(C)C)CC1. The third kappa shape index (κ3) is 7.11. The summed E-state index contributed by atoms with van der Waals surface area (Å²) in [7, 11) is 0.